The topological polar surface area (TPSA) is 72.5 Å². The van der Waals surface area contributed by atoms with Crippen molar-refractivity contribution >= 4 is 17.3 Å². The summed E-state index contributed by atoms with van der Waals surface area (Å²) in [7, 11) is 1.65. The Balaban J connectivity index is 0.000000160. The van der Waals surface area contributed by atoms with Crippen LogP contribution in [0.3, 0.4) is 0 Å². The summed E-state index contributed by atoms with van der Waals surface area (Å²) in [6.07, 6.45) is 0.985. The molecular weight excluding hydrogens is 334 g/mol. The molecule has 4 nitrogen and oxygen atoms in total. The van der Waals surface area contributed by atoms with Crippen molar-refractivity contribution in [1.29, 1.82) is 0 Å². The zero-order valence-corrected chi connectivity index (χ0v) is 15.9. The number of aromatic carboxylic acids is 1. The zero-order valence-electron chi connectivity index (χ0n) is 15.1. The maximum absolute atomic E-state index is 11.1. The van der Waals surface area contributed by atoms with Crippen molar-refractivity contribution in [3.63, 3.8) is 0 Å². The fourth-order valence-electron chi connectivity index (χ4n) is 4.18. The summed E-state index contributed by atoms with van der Waals surface area (Å²) in [6.45, 7) is 7.18. The number of carboxylic acid groups (broad SMARTS) is 1. The number of thiophene rings is 1. The van der Waals surface area contributed by atoms with Crippen LogP contribution in [0.25, 0.3) is 0 Å². The number of hydrogen-bond donors (Lipinski definition) is 2. The first-order chi connectivity index (χ1) is 11.8. The highest BCUT2D eigenvalue weighted by Gasteiger charge is 2.63. The Morgan fingerprint density at radius 2 is 2.08 bits per heavy atom. The van der Waals surface area contributed by atoms with Crippen LogP contribution in [0.2, 0.25) is 0 Å². The van der Waals surface area contributed by atoms with Gasteiger partial charge < -0.3 is 15.6 Å². The van der Waals surface area contributed by atoms with Crippen LogP contribution in [0, 0.1) is 18.3 Å². The minimum absolute atomic E-state index is 0.411. The van der Waals surface area contributed by atoms with E-state index in [0.29, 0.717) is 28.7 Å². The van der Waals surface area contributed by atoms with Crippen LogP contribution in [0.15, 0.2) is 24.3 Å². The molecule has 0 saturated heterocycles. The molecule has 134 valence electrons. The molecule has 3 N–H and O–H groups in total. The molecule has 1 aromatic carbocycles. The van der Waals surface area contributed by atoms with Crippen LogP contribution < -0.4 is 10.5 Å². The van der Waals surface area contributed by atoms with Crippen molar-refractivity contribution in [2.75, 3.05) is 7.11 Å². The normalized spacial score (nSPS) is 21.6. The molecular formula is C20H25NO3S. The summed E-state index contributed by atoms with van der Waals surface area (Å²) in [5.41, 5.74) is 9.41. The summed E-state index contributed by atoms with van der Waals surface area (Å²) in [5, 5.41) is 9.10. The summed E-state index contributed by atoms with van der Waals surface area (Å²) < 4.78 is 5.06. The second-order valence-corrected chi connectivity index (χ2v) is 8.54. The van der Waals surface area contributed by atoms with Gasteiger partial charge in [-0.2, -0.15) is 0 Å². The van der Waals surface area contributed by atoms with Gasteiger partial charge in [0.25, 0.3) is 0 Å². The average molecular weight is 359 g/mol. The number of hydrogen-bond acceptors (Lipinski definition) is 4. The Morgan fingerprint density at radius 3 is 2.64 bits per heavy atom. The summed E-state index contributed by atoms with van der Waals surface area (Å²) in [5.74, 6) is 1.46. The number of fused-ring (bicyclic) bond motifs is 3. The van der Waals surface area contributed by atoms with Crippen LogP contribution in [0.5, 0.6) is 5.75 Å². The van der Waals surface area contributed by atoms with E-state index in [4.69, 9.17) is 15.6 Å². The van der Waals surface area contributed by atoms with Gasteiger partial charge in [-0.3, -0.25) is 0 Å². The molecule has 0 unspecified atom stereocenters. The molecule has 5 heteroatoms. The van der Waals surface area contributed by atoms with Gasteiger partial charge in [0.1, 0.15) is 10.6 Å². The Hall–Kier alpha value is -1.85. The lowest BCUT2D eigenvalue weighted by atomic mass is 9.95. The summed E-state index contributed by atoms with van der Waals surface area (Å²) in [6, 6.07) is 7.74. The first-order valence-corrected chi connectivity index (χ1v) is 9.32. The highest BCUT2D eigenvalue weighted by molar-refractivity contribution is 7.14. The molecule has 1 heterocycles. The number of ether oxygens (including phenoxy) is 1. The van der Waals surface area contributed by atoms with E-state index in [0.717, 1.165) is 23.3 Å². The zero-order chi connectivity index (χ0) is 18.4. The molecule has 0 amide bonds. The molecule has 2 aromatic rings. The molecule has 2 atom stereocenters. The van der Waals surface area contributed by atoms with Crippen molar-refractivity contribution in [3.05, 3.63) is 50.7 Å². The maximum atomic E-state index is 11.1. The van der Waals surface area contributed by atoms with Crippen LogP contribution in [-0.2, 0) is 13.0 Å². The van der Waals surface area contributed by atoms with Gasteiger partial charge in [0.05, 0.1) is 7.11 Å². The minimum Gasteiger partial charge on any atom is -0.496 e. The van der Waals surface area contributed by atoms with Crippen LogP contribution in [0.1, 0.15) is 51.0 Å². The van der Waals surface area contributed by atoms with E-state index in [1.165, 1.54) is 21.8 Å². The lowest BCUT2D eigenvalue weighted by molar-refractivity contribution is 0.0701. The number of carboxylic acids is 1. The van der Waals surface area contributed by atoms with Crippen molar-refractivity contribution in [2.24, 2.45) is 17.1 Å². The van der Waals surface area contributed by atoms with E-state index in [2.05, 4.69) is 20.8 Å². The SMILES string of the molecule is COc1ccccc1CN.Cc1sc(C(=O)O)c2c1[C@H]1[C@@H](C2)C1(C)C. The van der Waals surface area contributed by atoms with Crippen LogP contribution in [-0.4, -0.2) is 18.2 Å². The van der Waals surface area contributed by atoms with E-state index >= 15 is 0 Å². The van der Waals surface area contributed by atoms with Crippen molar-refractivity contribution in [2.45, 2.75) is 39.7 Å². The molecule has 2 aliphatic carbocycles. The summed E-state index contributed by atoms with van der Waals surface area (Å²) in [4.78, 5) is 12.9. The summed E-state index contributed by atoms with van der Waals surface area (Å²) >= 11 is 1.46. The third-order valence-corrected chi connectivity index (χ3v) is 6.78. The van der Waals surface area contributed by atoms with Gasteiger partial charge in [0.2, 0.25) is 0 Å². The van der Waals surface area contributed by atoms with Gasteiger partial charge in [-0.25, -0.2) is 4.79 Å². The number of benzene rings is 1. The molecule has 25 heavy (non-hydrogen) atoms. The van der Waals surface area contributed by atoms with Crippen LogP contribution >= 0.6 is 11.3 Å². The highest BCUT2D eigenvalue weighted by atomic mass is 32.1. The second-order valence-electron chi connectivity index (χ2n) is 7.31. The molecule has 0 bridgehead atoms. The lowest BCUT2D eigenvalue weighted by Gasteiger charge is -2.08. The first kappa shape index (κ1) is 18.0. The quantitative estimate of drug-likeness (QED) is 0.861. The fraction of sp³-hybridized carbons (Fsp3) is 0.450. The Bertz CT molecular complexity index is 786. The monoisotopic (exact) mass is 359 g/mol. The van der Waals surface area contributed by atoms with Crippen molar-refractivity contribution < 1.29 is 14.6 Å². The van der Waals surface area contributed by atoms with E-state index in [1.807, 2.05) is 24.3 Å². The predicted octanol–water partition coefficient (Wildman–Crippen LogP) is 4.20. The Kier molecular flexibility index (Phi) is 4.64. The number of carbonyl (C=O) groups is 1. The molecule has 2 aliphatic rings. The molecule has 0 radical (unpaired) electrons. The molecule has 1 saturated carbocycles. The standard InChI is InChI=1S/C12H14O2S.C8H11NO/c1-5-8-6(10(15-5)11(13)14)4-7-9(8)12(7,2)3;1-10-8-5-3-2-4-7(8)6-9/h7,9H,4H2,1-3H3,(H,13,14);2-5H,6,9H2,1H3/t7-,9-;/m1./s1. The average Bonchev–Trinajstić information content (AvgIpc) is 2.95. The van der Waals surface area contributed by atoms with Gasteiger partial charge in [0, 0.05) is 17.0 Å². The van der Waals surface area contributed by atoms with Gasteiger partial charge in [0.15, 0.2) is 0 Å². The van der Waals surface area contributed by atoms with E-state index in [9.17, 15) is 4.79 Å². The highest BCUT2D eigenvalue weighted by Crippen LogP contribution is 2.71. The smallest absolute Gasteiger partial charge is 0.346 e. The molecule has 0 spiro atoms. The van der Waals surface area contributed by atoms with E-state index in [-0.39, 0.29) is 0 Å². The van der Waals surface area contributed by atoms with Gasteiger partial charge in [-0.1, -0.05) is 32.0 Å². The predicted molar refractivity (Wildman–Crippen MR) is 101 cm³/mol. The number of para-hydroxylation sites is 1. The molecule has 0 aliphatic heterocycles. The fourth-order valence-corrected chi connectivity index (χ4v) is 5.25. The largest absolute Gasteiger partial charge is 0.496 e. The first-order valence-electron chi connectivity index (χ1n) is 8.50. The maximum Gasteiger partial charge on any atom is 0.346 e. The third kappa shape index (κ3) is 2.96. The Labute approximate surface area is 152 Å². The minimum atomic E-state index is -0.747. The van der Waals surface area contributed by atoms with Crippen molar-refractivity contribution in [1.82, 2.24) is 0 Å². The van der Waals surface area contributed by atoms with Crippen LogP contribution in [0.4, 0.5) is 0 Å². The van der Waals surface area contributed by atoms with Gasteiger partial charge in [-0.15, -0.1) is 11.3 Å². The lowest BCUT2D eigenvalue weighted by Crippen LogP contribution is -2.03. The number of aryl methyl sites for hydroxylation is 1. The molecule has 1 fully saturated rings. The number of nitrogens with two attached hydrogens (primary N) is 1. The van der Waals surface area contributed by atoms with E-state index in [1.54, 1.807) is 7.11 Å². The van der Waals surface area contributed by atoms with E-state index < -0.39 is 5.97 Å². The van der Waals surface area contributed by atoms with Crippen molar-refractivity contribution in [3.8, 4) is 5.75 Å². The molecule has 4 rings (SSSR count). The molecule has 1 aromatic heterocycles. The van der Waals surface area contributed by atoms with Gasteiger partial charge >= 0.3 is 5.97 Å². The van der Waals surface area contributed by atoms with Gasteiger partial charge in [-0.05, 0) is 47.8 Å². The Morgan fingerprint density at radius 1 is 1.40 bits per heavy atom. The second kappa shape index (κ2) is 6.46. The third-order valence-electron chi connectivity index (χ3n) is 5.63. The number of methoxy groups -OCH3 is 1. The number of rotatable bonds is 3.